The Morgan fingerprint density at radius 1 is 1.37 bits per heavy atom. The highest BCUT2D eigenvalue weighted by atomic mass is 32.1. The van der Waals surface area contributed by atoms with Gasteiger partial charge in [-0.2, -0.15) is 5.10 Å². The number of aryl methyl sites for hydroxylation is 1. The molecular weight excluding hydrogens is 260 g/mol. The van der Waals surface area contributed by atoms with Crippen LogP contribution in [0.25, 0.3) is 0 Å². The van der Waals surface area contributed by atoms with Crippen molar-refractivity contribution in [2.75, 3.05) is 5.32 Å². The lowest BCUT2D eigenvalue weighted by Gasteiger charge is -2.07. The Morgan fingerprint density at radius 3 is 2.58 bits per heavy atom. The number of nitrogens with zero attached hydrogens (tertiary/aromatic N) is 2. The van der Waals surface area contributed by atoms with Crippen molar-refractivity contribution in [2.45, 2.75) is 13.5 Å². The Bertz CT molecular complexity index is 603. The number of hydrogen-bond donors (Lipinski definition) is 2. The molecule has 6 heteroatoms. The molecule has 2 aromatic rings. The van der Waals surface area contributed by atoms with Gasteiger partial charge in [0.1, 0.15) is 11.5 Å². The van der Waals surface area contributed by atoms with E-state index in [9.17, 15) is 4.79 Å². The summed E-state index contributed by atoms with van der Waals surface area (Å²) in [6.45, 7) is 2.09. The first-order chi connectivity index (χ1) is 9.06. The number of benzene rings is 1. The summed E-state index contributed by atoms with van der Waals surface area (Å²) in [5.74, 6) is -0.130. The highest BCUT2D eigenvalue weighted by Gasteiger charge is 2.06. The molecule has 98 valence electrons. The summed E-state index contributed by atoms with van der Waals surface area (Å²) in [6, 6.07) is 8.93. The van der Waals surface area contributed by atoms with E-state index in [1.165, 1.54) is 0 Å². The summed E-state index contributed by atoms with van der Waals surface area (Å²) >= 11 is 4.86. The van der Waals surface area contributed by atoms with E-state index in [2.05, 4.69) is 10.4 Å². The molecule has 1 heterocycles. The highest BCUT2D eigenvalue weighted by Crippen LogP contribution is 2.09. The van der Waals surface area contributed by atoms with Crippen LogP contribution in [-0.2, 0) is 11.3 Å². The fourth-order valence-corrected chi connectivity index (χ4v) is 1.75. The minimum atomic E-state index is -0.130. The molecule has 0 aliphatic rings. The molecule has 0 atom stereocenters. The fraction of sp³-hybridized carbons (Fsp3) is 0.154. The predicted octanol–water partition coefficient (Wildman–Crippen LogP) is 1.46. The van der Waals surface area contributed by atoms with E-state index in [-0.39, 0.29) is 12.5 Å². The third-order valence-electron chi connectivity index (χ3n) is 2.68. The van der Waals surface area contributed by atoms with Gasteiger partial charge in [-0.05, 0) is 37.3 Å². The first-order valence-corrected chi connectivity index (χ1v) is 6.15. The summed E-state index contributed by atoms with van der Waals surface area (Å²) < 4.78 is 1.64. The van der Waals surface area contributed by atoms with E-state index >= 15 is 0 Å². The maximum absolute atomic E-state index is 11.8. The van der Waals surface area contributed by atoms with Crippen LogP contribution in [0.5, 0.6) is 0 Å². The number of amides is 1. The molecule has 0 saturated carbocycles. The summed E-state index contributed by atoms with van der Waals surface area (Å²) in [6.07, 6.45) is 1.67. The van der Waals surface area contributed by atoms with Crippen LogP contribution in [0.3, 0.4) is 0 Å². The largest absolute Gasteiger partial charge is 0.389 e. The van der Waals surface area contributed by atoms with E-state index < -0.39 is 0 Å². The first-order valence-electron chi connectivity index (χ1n) is 5.74. The van der Waals surface area contributed by atoms with Gasteiger partial charge in [-0.3, -0.25) is 9.48 Å². The Hall–Kier alpha value is -2.21. The molecule has 0 radical (unpaired) electrons. The van der Waals surface area contributed by atoms with E-state index in [1.54, 1.807) is 35.1 Å². The van der Waals surface area contributed by atoms with Gasteiger partial charge in [0.2, 0.25) is 5.91 Å². The van der Waals surface area contributed by atoms with Crippen LogP contribution in [0, 0.1) is 6.92 Å². The molecule has 1 aromatic carbocycles. The Labute approximate surface area is 116 Å². The van der Waals surface area contributed by atoms with E-state index in [4.69, 9.17) is 18.0 Å². The van der Waals surface area contributed by atoms with Crippen LogP contribution in [-0.4, -0.2) is 20.7 Å². The van der Waals surface area contributed by atoms with Gasteiger partial charge in [0, 0.05) is 23.1 Å². The van der Waals surface area contributed by atoms with Gasteiger partial charge in [-0.1, -0.05) is 12.2 Å². The van der Waals surface area contributed by atoms with Crippen LogP contribution in [0.15, 0.2) is 36.5 Å². The molecule has 19 heavy (non-hydrogen) atoms. The number of nitrogens with one attached hydrogen (secondary N) is 1. The van der Waals surface area contributed by atoms with Crippen molar-refractivity contribution in [1.82, 2.24) is 9.78 Å². The van der Waals surface area contributed by atoms with Crippen LogP contribution >= 0.6 is 12.2 Å². The smallest absolute Gasteiger partial charge is 0.246 e. The predicted molar refractivity (Wildman–Crippen MR) is 77.9 cm³/mol. The number of thiocarbonyl (C=S) groups is 1. The number of carbonyl (C=O) groups excluding carboxylic acids is 1. The Balaban J connectivity index is 1.99. The first kappa shape index (κ1) is 13.2. The normalized spacial score (nSPS) is 10.2. The number of nitrogens with two attached hydrogens (primary N) is 1. The third-order valence-corrected chi connectivity index (χ3v) is 2.91. The molecule has 1 amide bonds. The standard InChI is InChI=1S/C13H14N4OS/c1-9-6-7-15-17(9)8-12(18)16-11-4-2-10(3-5-11)13(14)19/h2-7H,8H2,1H3,(H2,14,19)(H,16,18). The van der Waals surface area contributed by atoms with Gasteiger partial charge in [0.25, 0.3) is 0 Å². The van der Waals surface area contributed by atoms with Crippen molar-refractivity contribution < 1.29 is 4.79 Å². The summed E-state index contributed by atoms with van der Waals surface area (Å²) in [5, 5.41) is 6.85. The van der Waals surface area contributed by atoms with Gasteiger partial charge in [-0.15, -0.1) is 0 Å². The van der Waals surface area contributed by atoms with Crippen molar-refractivity contribution >= 4 is 28.8 Å². The number of rotatable bonds is 4. The van der Waals surface area contributed by atoms with Crippen molar-refractivity contribution in [3.05, 3.63) is 47.8 Å². The van der Waals surface area contributed by atoms with Crippen molar-refractivity contribution in [2.24, 2.45) is 5.73 Å². The Kier molecular flexibility index (Phi) is 3.91. The van der Waals surface area contributed by atoms with Crippen molar-refractivity contribution in [1.29, 1.82) is 0 Å². The minimum Gasteiger partial charge on any atom is -0.389 e. The summed E-state index contributed by atoms with van der Waals surface area (Å²) in [7, 11) is 0. The molecule has 0 spiro atoms. The fourth-order valence-electron chi connectivity index (χ4n) is 1.62. The van der Waals surface area contributed by atoms with Crippen molar-refractivity contribution in [3.8, 4) is 0 Å². The topological polar surface area (TPSA) is 72.9 Å². The molecule has 0 aliphatic carbocycles. The average Bonchev–Trinajstić information content (AvgIpc) is 2.75. The molecule has 0 unspecified atom stereocenters. The lowest BCUT2D eigenvalue weighted by atomic mass is 10.2. The monoisotopic (exact) mass is 274 g/mol. The molecular formula is C13H14N4OS. The SMILES string of the molecule is Cc1ccnn1CC(=O)Nc1ccc(C(N)=S)cc1. The van der Waals surface area contributed by atoms with E-state index in [0.717, 1.165) is 11.3 Å². The van der Waals surface area contributed by atoms with Crippen LogP contribution in [0.1, 0.15) is 11.3 Å². The van der Waals surface area contributed by atoms with E-state index in [0.29, 0.717) is 10.7 Å². The number of hydrogen-bond acceptors (Lipinski definition) is 3. The lowest BCUT2D eigenvalue weighted by molar-refractivity contribution is -0.116. The number of anilines is 1. The average molecular weight is 274 g/mol. The molecule has 3 N–H and O–H groups in total. The van der Waals surface area contributed by atoms with Gasteiger partial charge in [-0.25, -0.2) is 0 Å². The second kappa shape index (κ2) is 5.62. The second-order valence-electron chi connectivity index (χ2n) is 4.12. The molecule has 1 aromatic heterocycles. The summed E-state index contributed by atoms with van der Waals surface area (Å²) in [5.41, 5.74) is 7.93. The van der Waals surface area contributed by atoms with Gasteiger partial charge in [0.05, 0.1) is 0 Å². The maximum atomic E-state index is 11.8. The zero-order valence-electron chi connectivity index (χ0n) is 10.5. The zero-order chi connectivity index (χ0) is 13.8. The molecule has 5 nitrogen and oxygen atoms in total. The maximum Gasteiger partial charge on any atom is 0.246 e. The molecule has 0 saturated heterocycles. The van der Waals surface area contributed by atoms with E-state index in [1.807, 2.05) is 13.0 Å². The molecule has 0 aliphatic heterocycles. The number of carbonyl (C=O) groups is 1. The lowest BCUT2D eigenvalue weighted by Crippen LogP contribution is -2.20. The minimum absolute atomic E-state index is 0.130. The van der Waals surface area contributed by atoms with Crippen molar-refractivity contribution in [3.63, 3.8) is 0 Å². The van der Waals surface area contributed by atoms with Gasteiger partial charge in [0.15, 0.2) is 0 Å². The van der Waals surface area contributed by atoms with Crippen LogP contribution in [0.2, 0.25) is 0 Å². The third kappa shape index (κ3) is 3.38. The van der Waals surface area contributed by atoms with Gasteiger partial charge < -0.3 is 11.1 Å². The Morgan fingerprint density at radius 2 is 2.05 bits per heavy atom. The van der Waals surface area contributed by atoms with Crippen LogP contribution < -0.4 is 11.1 Å². The second-order valence-corrected chi connectivity index (χ2v) is 4.56. The molecule has 0 fully saturated rings. The zero-order valence-corrected chi connectivity index (χ0v) is 11.3. The van der Waals surface area contributed by atoms with Crippen LogP contribution in [0.4, 0.5) is 5.69 Å². The number of aromatic nitrogens is 2. The van der Waals surface area contributed by atoms with Gasteiger partial charge >= 0.3 is 0 Å². The summed E-state index contributed by atoms with van der Waals surface area (Å²) in [4.78, 5) is 12.2. The molecule has 2 rings (SSSR count). The quantitative estimate of drug-likeness (QED) is 0.828. The highest BCUT2D eigenvalue weighted by molar-refractivity contribution is 7.80. The molecule has 0 bridgehead atoms.